The molecule has 1 aliphatic rings. The van der Waals surface area contributed by atoms with Gasteiger partial charge in [0.15, 0.2) is 0 Å². The number of urea groups is 1. The first-order valence-corrected chi connectivity index (χ1v) is 9.34. The molecule has 0 bridgehead atoms. The molecule has 0 aliphatic carbocycles. The Morgan fingerprint density at radius 1 is 1.11 bits per heavy atom. The molecule has 0 spiro atoms. The van der Waals surface area contributed by atoms with E-state index in [0.29, 0.717) is 30.5 Å². The SMILES string of the molecule is Cn1cc(NC(=O)N2CCC(Nc3ccncc3)CC2)c(-c2ccnn2C)n1. The number of aromatic nitrogens is 5. The smallest absolute Gasteiger partial charge is 0.321 e. The van der Waals surface area contributed by atoms with Gasteiger partial charge in [0.05, 0.1) is 11.4 Å². The van der Waals surface area contributed by atoms with Crippen molar-refractivity contribution in [2.45, 2.75) is 18.9 Å². The lowest BCUT2D eigenvalue weighted by Gasteiger charge is -2.32. The highest BCUT2D eigenvalue weighted by Gasteiger charge is 2.24. The van der Waals surface area contributed by atoms with Crippen LogP contribution < -0.4 is 10.6 Å². The Morgan fingerprint density at radius 3 is 2.54 bits per heavy atom. The summed E-state index contributed by atoms with van der Waals surface area (Å²) in [6.07, 6.45) is 8.89. The molecule has 0 aromatic carbocycles. The van der Waals surface area contributed by atoms with Crippen LogP contribution in [0.15, 0.2) is 43.0 Å². The Bertz CT molecular complexity index is 940. The predicted molar refractivity (Wildman–Crippen MR) is 107 cm³/mol. The van der Waals surface area contributed by atoms with E-state index < -0.39 is 0 Å². The summed E-state index contributed by atoms with van der Waals surface area (Å²) in [6.45, 7) is 1.41. The van der Waals surface area contributed by atoms with Crippen LogP contribution in [0.2, 0.25) is 0 Å². The topological polar surface area (TPSA) is 92.9 Å². The third-order valence-corrected chi connectivity index (χ3v) is 4.97. The van der Waals surface area contributed by atoms with Crippen LogP contribution in [0.25, 0.3) is 11.4 Å². The maximum absolute atomic E-state index is 12.8. The van der Waals surface area contributed by atoms with Gasteiger partial charge in [-0.15, -0.1) is 0 Å². The molecule has 0 radical (unpaired) electrons. The maximum atomic E-state index is 12.8. The lowest BCUT2D eigenvalue weighted by Crippen LogP contribution is -2.44. The molecule has 4 heterocycles. The van der Waals surface area contributed by atoms with Crippen LogP contribution in [0.3, 0.4) is 0 Å². The zero-order valence-electron chi connectivity index (χ0n) is 16.0. The maximum Gasteiger partial charge on any atom is 0.321 e. The normalized spacial score (nSPS) is 14.9. The monoisotopic (exact) mass is 380 g/mol. The standard InChI is InChI=1S/C19H24N8O/c1-25-13-16(18(24-25)17-5-10-21-26(17)2)23-19(28)27-11-6-15(7-12-27)22-14-3-8-20-9-4-14/h3-5,8-10,13,15H,6-7,11-12H2,1-2H3,(H,20,22)(H,23,28). The Labute approximate surface area is 163 Å². The Hall–Kier alpha value is -3.36. The van der Waals surface area contributed by atoms with E-state index in [4.69, 9.17) is 0 Å². The van der Waals surface area contributed by atoms with Crippen LogP contribution in [0.5, 0.6) is 0 Å². The molecule has 0 atom stereocenters. The second kappa shape index (κ2) is 7.71. The van der Waals surface area contributed by atoms with Gasteiger partial charge in [-0.1, -0.05) is 0 Å². The molecule has 0 saturated carbocycles. The van der Waals surface area contributed by atoms with Gasteiger partial charge in [-0.2, -0.15) is 10.2 Å². The van der Waals surface area contributed by atoms with Crippen molar-refractivity contribution >= 4 is 17.4 Å². The molecule has 2 amide bonds. The number of nitrogens with one attached hydrogen (secondary N) is 2. The zero-order chi connectivity index (χ0) is 19.5. The Morgan fingerprint density at radius 2 is 1.86 bits per heavy atom. The van der Waals surface area contributed by atoms with Gasteiger partial charge in [-0.05, 0) is 31.0 Å². The highest BCUT2D eigenvalue weighted by molar-refractivity contribution is 5.93. The van der Waals surface area contributed by atoms with Gasteiger partial charge in [0.2, 0.25) is 0 Å². The predicted octanol–water partition coefficient (Wildman–Crippen LogP) is 2.32. The molecule has 9 heteroatoms. The van der Waals surface area contributed by atoms with Gasteiger partial charge >= 0.3 is 6.03 Å². The third-order valence-electron chi connectivity index (χ3n) is 4.97. The van der Waals surface area contributed by atoms with Crippen molar-refractivity contribution in [1.29, 1.82) is 0 Å². The molecule has 3 aromatic heterocycles. The van der Waals surface area contributed by atoms with E-state index in [-0.39, 0.29) is 6.03 Å². The fraction of sp³-hybridized carbons (Fsp3) is 0.368. The number of carbonyl (C=O) groups is 1. The number of nitrogens with zero attached hydrogens (tertiary/aromatic N) is 6. The number of rotatable bonds is 4. The van der Waals surface area contributed by atoms with Crippen LogP contribution in [0, 0.1) is 0 Å². The Balaban J connectivity index is 1.37. The van der Waals surface area contributed by atoms with E-state index in [2.05, 4.69) is 25.8 Å². The highest BCUT2D eigenvalue weighted by atomic mass is 16.2. The first-order valence-electron chi connectivity index (χ1n) is 9.34. The van der Waals surface area contributed by atoms with Crippen molar-refractivity contribution in [3.8, 4) is 11.4 Å². The second-order valence-corrected chi connectivity index (χ2v) is 6.98. The van der Waals surface area contributed by atoms with Crippen LogP contribution in [-0.2, 0) is 14.1 Å². The van der Waals surface area contributed by atoms with Gasteiger partial charge in [-0.25, -0.2) is 4.79 Å². The van der Waals surface area contributed by atoms with Crippen molar-refractivity contribution < 1.29 is 4.79 Å². The van der Waals surface area contributed by atoms with Gasteiger partial charge in [-0.3, -0.25) is 14.3 Å². The fourth-order valence-corrected chi connectivity index (χ4v) is 3.48. The molecule has 3 aromatic rings. The molecule has 28 heavy (non-hydrogen) atoms. The lowest BCUT2D eigenvalue weighted by molar-refractivity contribution is 0.197. The summed E-state index contributed by atoms with van der Waals surface area (Å²) in [5.74, 6) is 0. The summed E-state index contributed by atoms with van der Waals surface area (Å²) >= 11 is 0. The molecule has 2 N–H and O–H groups in total. The first kappa shape index (κ1) is 18.0. The zero-order valence-corrected chi connectivity index (χ0v) is 16.0. The van der Waals surface area contributed by atoms with E-state index in [9.17, 15) is 4.79 Å². The molecular weight excluding hydrogens is 356 g/mol. The first-order chi connectivity index (χ1) is 13.6. The number of hydrogen-bond acceptors (Lipinski definition) is 5. The minimum Gasteiger partial charge on any atom is -0.382 e. The summed E-state index contributed by atoms with van der Waals surface area (Å²) in [4.78, 5) is 18.7. The summed E-state index contributed by atoms with van der Waals surface area (Å²) < 4.78 is 3.44. The summed E-state index contributed by atoms with van der Waals surface area (Å²) in [7, 11) is 3.70. The third kappa shape index (κ3) is 3.83. The lowest BCUT2D eigenvalue weighted by atomic mass is 10.1. The van der Waals surface area contributed by atoms with Crippen molar-refractivity contribution in [2.24, 2.45) is 14.1 Å². The number of piperidine rings is 1. The quantitative estimate of drug-likeness (QED) is 0.725. The van der Waals surface area contributed by atoms with Crippen molar-refractivity contribution in [3.63, 3.8) is 0 Å². The van der Waals surface area contributed by atoms with Crippen LogP contribution in [-0.4, -0.2) is 54.6 Å². The van der Waals surface area contributed by atoms with E-state index >= 15 is 0 Å². The number of amides is 2. The van der Waals surface area contributed by atoms with Crippen LogP contribution in [0.4, 0.5) is 16.2 Å². The number of aryl methyl sites for hydroxylation is 2. The van der Waals surface area contributed by atoms with Gasteiger partial charge in [0.1, 0.15) is 5.69 Å². The van der Waals surface area contributed by atoms with Gasteiger partial charge < -0.3 is 15.5 Å². The van der Waals surface area contributed by atoms with E-state index in [1.165, 1.54) is 0 Å². The minimum atomic E-state index is -0.0984. The molecule has 1 aliphatic heterocycles. The number of anilines is 2. The second-order valence-electron chi connectivity index (χ2n) is 6.98. The van der Waals surface area contributed by atoms with Gasteiger partial charge in [0, 0.05) is 63.7 Å². The van der Waals surface area contributed by atoms with Crippen molar-refractivity contribution in [3.05, 3.63) is 43.0 Å². The minimum absolute atomic E-state index is 0.0984. The molecule has 1 fully saturated rings. The number of hydrogen-bond donors (Lipinski definition) is 2. The van der Waals surface area contributed by atoms with Crippen molar-refractivity contribution in [1.82, 2.24) is 29.4 Å². The highest BCUT2D eigenvalue weighted by Crippen LogP contribution is 2.26. The number of pyridine rings is 1. The summed E-state index contributed by atoms with van der Waals surface area (Å²) in [5, 5.41) is 15.2. The molecule has 146 valence electrons. The van der Waals surface area contributed by atoms with E-state index in [0.717, 1.165) is 24.2 Å². The molecule has 4 rings (SSSR count). The van der Waals surface area contributed by atoms with E-state index in [1.54, 1.807) is 28.0 Å². The number of carbonyl (C=O) groups excluding carboxylic acids is 1. The molecule has 0 unspecified atom stereocenters. The van der Waals surface area contributed by atoms with E-state index in [1.807, 2.05) is 43.4 Å². The molecule has 9 nitrogen and oxygen atoms in total. The molecule has 1 saturated heterocycles. The Kier molecular flexibility index (Phi) is 4.96. The number of likely N-dealkylation sites (tertiary alicyclic amines) is 1. The average molecular weight is 380 g/mol. The summed E-state index contributed by atoms with van der Waals surface area (Å²) in [6, 6.07) is 6.06. The largest absolute Gasteiger partial charge is 0.382 e. The average Bonchev–Trinajstić information content (AvgIpc) is 3.28. The van der Waals surface area contributed by atoms with Crippen molar-refractivity contribution in [2.75, 3.05) is 23.7 Å². The van der Waals surface area contributed by atoms with Gasteiger partial charge in [0.25, 0.3) is 0 Å². The van der Waals surface area contributed by atoms with Crippen LogP contribution >= 0.6 is 0 Å². The van der Waals surface area contributed by atoms with Crippen LogP contribution in [0.1, 0.15) is 12.8 Å². The fourth-order valence-electron chi connectivity index (χ4n) is 3.48. The summed E-state index contributed by atoms with van der Waals surface area (Å²) in [5.41, 5.74) is 3.32. The molecular formula is C19H24N8O.